The maximum atomic E-state index is 13.4. The number of carbonyl (C=O) groups excluding carboxylic acids is 1. The molecule has 1 aromatic heterocycles. The van der Waals surface area contributed by atoms with E-state index in [1.54, 1.807) is 4.90 Å². The number of hydrogen-bond donors (Lipinski definition) is 1. The Balaban J connectivity index is 1.67. The number of hydrogen-bond acceptors (Lipinski definition) is 2. The minimum atomic E-state index is 0.0818. The standard InChI is InChI=1S/C24H28N4O/c1-3-13-26-14-16-27(17-15-26)24(29)22-18-28(21-7-5-4-6-8-21)25-23(22)20-11-9-19(2)10-12-20/h4-12,18H,3,13-17H2,1-2H3/p+1. The Morgan fingerprint density at radius 1 is 1.03 bits per heavy atom. The van der Waals surface area contributed by atoms with E-state index in [0.717, 1.165) is 43.1 Å². The van der Waals surface area contributed by atoms with Gasteiger partial charge in [-0.3, -0.25) is 4.79 Å². The zero-order chi connectivity index (χ0) is 20.2. The number of aryl methyl sites for hydroxylation is 1. The van der Waals surface area contributed by atoms with Gasteiger partial charge in [-0.2, -0.15) is 5.10 Å². The van der Waals surface area contributed by atoms with Crippen LogP contribution < -0.4 is 4.90 Å². The van der Waals surface area contributed by atoms with Crippen molar-refractivity contribution in [3.63, 3.8) is 0 Å². The third kappa shape index (κ3) is 4.25. The molecule has 0 spiro atoms. The second kappa shape index (κ2) is 8.62. The van der Waals surface area contributed by atoms with Gasteiger partial charge >= 0.3 is 0 Å². The molecule has 150 valence electrons. The summed E-state index contributed by atoms with van der Waals surface area (Å²) in [6, 6.07) is 18.2. The molecule has 2 heterocycles. The van der Waals surface area contributed by atoms with Crippen LogP contribution in [-0.4, -0.2) is 53.3 Å². The molecule has 0 unspecified atom stereocenters. The van der Waals surface area contributed by atoms with Gasteiger partial charge in [-0.05, 0) is 25.5 Å². The number of quaternary nitrogens is 1. The minimum absolute atomic E-state index is 0.0818. The lowest BCUT2D eigenvalue weighted by atomic mass is 10.1. The highest BCUT2D eigenvalue weighted by Crippen LogP contribution is 2.25. The number of amides is 1. The Labute approximate surface area is 172 Å². The van der Waals surface area contributed by atoms with Crippen molar-refractivity contribution in [1.82, 2.24) is 14.7 Å². The quantitative estimate of drug-likeness (QED) is 0.729. The SMILES string of the molecule is CCC[NH+]1CCN(C(=O)c2cn(-c3ccccc3)nc2-c2ccc(C)cc2)CC1. The fraction of sp³-hybridized carbons (Fsp3) is 0.333. The first kappa shape index (κ1) is 19.4. The topological polar surface area (TPSA) is 42.6 Å². The fourth-order valence-electron chi connectivity index (χ4n) is 3.97. The molecule has 1 saturated heterocycles. The number of nitrogens with zero attached hydrogens (tertiary/aromatic N) is 3. The summed E-state index contributed by atoms with van der Waals surface area (Å²) in [4.78, 5) is 17.0. The molecule has 1 fully saturated rings. The predicted octanol–water partition coefficient (Wildman–Crippen LogP) is 2.60. The Bertz CT molecular complexity index is 954. The van der Waals surface area contributed by atoms with E-state index >= 15 is 0 Å². The van der Waals surface area contributed by atoms with Gasteiger partial charge in [-0.25, -0.2) is 4.68 Å². The monoisotopic (exact) mass is 389 g/mol. The van der Waals surface area contributed by atoms with E-state index in [9.17, 15) is 4.79 Å². The lowest BCUT2D eigenvalue weighted by Crippen LogP contribution is -3.14. The van der Waals surface area contributed by atoms with Gasteiger partial charge in [0, 0.05) is 11.8 Å². The first-order valence-electron chi connectivity index (χ1n) is 10.5. The second-order valence-electron chi connectivity index (χ2n) is 7.83. The summed E-state index contributed by atoms with van der Waals surface area (Å²) in [7, 11) is 0. The lowest BCUT2D eigenvalue weighted by molar-refractivity contribution is -0.904. The molecule has 1 amide bonds. The highest BCUT2D eigenvalue weighted by atomic mass is 16.2. The number of nitrogens with one attached hydrogen (secondary N) is 1. The number of benzene rings is 2. The molecule has 2 aromatic carbocycles. The zero-order valence-electron chi connectivity index (χ0n) is 17.3. The number of piperazine rings is 1. The van der Waals surface area contributed by atoms with Gasteiger partial charge in [-0.15, -0.1) is 0 Å². The number of rotatable bonds is 5. The smallest absolute Gasteiger partial charge is 0.258 e. The summed E-state index contributed by atoms with van der Waals surface area (Å²) in [5.41, 5.74) is 4.55. The molecule has 5 heteroatoms. The maximum absolute atomic E-state index is 13.4. The van der Waals surface area contributed by atoms with Crippen molar-refractivity contribution in [2.45, 2.75) is 20.3 Å². The first-order valence-corrected chi connectivity index (χ1v) is 10.5. The molecule has 4 rings (SSSR count). The minimum Gasteiger partial charge on any atom is -0.332 e. The Kier molecular flexibility index (Phi) is 5.76. The van der Waals surface area contributed by atoms with E-state index in [-0.39, 0.29) is 5.91 Å². The molecule has 1 N–H and O–H groups in total. The third-order valence-corrected chi connectivity index (χ3v) is 5.65. The van der Waals surface area contributed by atoms with Crippen molar-refractivity contribution in [1.29, 1.82) is 0 Å². The Morgan fingerprint density at radius 2 is 1.72 bits per heavy atom. The van der Waals surface area contributed by atoms with Crippen molar-refractivity contribution in [3.05, 3.63) is 71.9 Å². The van der Waals surface area contributed by atoms with Crippen LogP contribution in [0.2, 0.25) is 0 Å². The van der Waals surface area contributed by atoms with Crippen LogP contribution in [0.3, 0.4) is 0 Å². The van der Waals surface area contributed by atoms with Gasteiger partial charge < -0.3 is 9.80 Å². The maximum Gasteiger partial charge on any atom is 0.258 e. The molecular weight excluding hydrogens is 360 g/mol. The number of aromatic nitrogens is 2. The van der Waals surface area contributed by atoms with Crippen molar-refractivity contribution in [2.24, 2.45) is 0 Å². The molecule has 29 heavy (non-hydrogen) atoms. The van der Waals surface area contributed by atoms with Crippen molar-refractivity contribution < 1.29 is 9.69 Å². The Morgan fingerprint density at radius 3 is 2.38 bits per heavy atom. The predicted molar refractivity (Wildman–Crippen MR) is 115 cm³/mol. The van der Waals surface area contributed by atoms with Gasteiger partial charge in [0.1, 0.15) is 5.69 Å². The highest BCUT2D eigenvalue weighted by molar-refractivity contribution is 6.00. The normalized spacial score (nSPS) is 14.9. The summed E-state index contributed by atoms with van der Waals surface area (Å²) in [6.07, 6.45) is 3.07. The number of carbonyl (C=O) groups is 1. The second-order valence-corrected chi connectivity index (χ2v) is 7.83. The summed E-state index contributed by atoms with van der Waals surface area (Å²) in [5, 5.41) is 4.80. The van der Waals surface area contributed by atoms with Gasteiger partial charge in [-0.1, -0.05) is 55.0 Å². The fourth-order valence-corrected chi connectivity index (χ4v) is 3.97. The van der Waals surface area contributed by atoms with Crippen LogP contribution in [0.1, 0.15) is 29.3 Å². The van der Waals surface area contributed by atoms with Gasteiger partial charge in [0.2, 0.25) is 0 Å². The van der Waals surface area contributed by atoms with E-state index in [1.807, 2.05) is 58.2 Å². The van der Waals surface area contributed by atoms with E-state index < -0.39 is 0 Å². The summed E-state index contributed by atoms with van der Waals surface area (Å²) < 4.78 is 1.82. The van der Waals surface area contributed by atoms with Crippen molar-refractivity contribution in [3.8, 4) is 16.9 Å². The van der Waals surface area contributed by atoms with Crippen LogP contribution in [0.15, 0.2) is 60.8 Å². The number of para-hydroxylation sites is 1. The Hall–Kier alpha value is -2.92. The van der Waals surface area contributed by atoms with E-state index in [1.165, 1.54) is 18.5 Å². The van der Waals surface area contributed by atoms with E-state index in [2.05, 4.69) is 26.0 Å². The van der Waals surface area contributed by atoms with Crippen molar-refractivity contribution >= 4 is 5.91 Å². The van der Waals surface area contributed by atoms with Crippen LogP contribution in [0.5, 0.6) is 0 Å². The van der Waals surface area contributed by atoms with Gasteiger partial charge in [0.15, 0.2) is 0 Å². The molecule has 0 atom stereocenters. The molecule has 3 aromatic rings. The molecule has 0 aliphatic carbocycles. The average Bonchev–Trinajstić information content (AvgIpc) is 3.21. The highest BCUT2D eigenvalue weighted by Gasteiger charge is 2.27. The van der Waals surface area contributed by atoms with Crippen molar-refractivity contribution in [2.75, 3.05) is 32.7 Å². The van der Waals surface area contributed by atoms with Gasteiger partial charge in [0.05, 0.1) is 44.0 Å². The average molecular weight is 390 g/mol. The molecule has 5 nitrogen and oxygen atoms in total. The third-order valence-electron chi connectivity index (χ3n) is 5.65. The molecule has 1 aliphatic rings. The first-order chi connectivity index (χ1) is 14.2. The summed E-state index contributed by atoms with van der Waals surface area (Å²) in [6.45, 7) is 9.12. The van der Waals surface area contributed by atoms with Crippen LogP contribution >= 0.6 is 0 Å². The summed E-state index contributed by atoms with van der Waals surface area (Å²) >= 11 is 0. The van der Waals surface area contributed by atoms with Crippen LogP contribution in [-0.2, 0) is 0 Å². The molecular formula is C24H29N4O+. The molecule has 0 saturated carbocycles. The molecule has 0 radical (unpaired) electrons. The summed E-state index contributed by atoms with van der Waals surface area (Å²) in [5.74, 6) is 0.0818. The van der Waals surface area contributed by atoms with Crippen LogP contribution in [0, 0.1) is 6.92 Å². The van der Waals surface area contributed by atoms with E-state index in [0.29, 0.717) is 5.56 Å². The van der Waals surface area contributed by atoms with Crippen LogP contribution in [0.25, 0.3) is 16.9 Å². The molecule has 1 aliphatic heterocycles. The molecule has 0 bridgehead atoms. The lowest BCUT2D eigenvalue weighted by Gasteiger charge is -2.32. The zero-order valence-corrected chi connectivity index (χ0v) is 17.3. The largest absolute Gasteiger partial charge is 0.332 e. The van der Waals surface area contributed by atoms with Crippen LogP contribution in [0.4, 0.5) is 0 Å². The van der Waals surface area contributed by atoms with Gasteiger partial charge in [0.25, 0.3) is 5.91 Å². The van der Waals surface area contributed by atoms with E-state index in [4.69, 9.17) is 5.10 Å².